The lowest BCUT2D eigenvalue weighted by atomic mass is 10.1. The number of hydrogen-bond donors (Lipinski definition) is 1. The Morgan fingerprint density at radius 3 is 2.67 bits per heavy atom. The van der Waals surface area contributed by atoms with Gasteiger partial charge < -0.3 is 15.4 Å². The largest absolute Gasteiger partial charge is 0.491 e. The molecule has 118 valence electrons. The van der Waals surface area contributed by atoms with E-state index >= 15 is 0 Å². The number of nitrogens with two attached hydrogens (primary N) is 1. The maximum Gasteiger partial charge on any atom is 0.137 e. The second-order valence-corrected chi connectivity index (χ2v) is 5.85. The van der Waals surface area contributed by atoms with Gasteiger partial charge in [-0.1, -0.05) is 6.92 Å². The number of nitrogens with zero attached hydrogens (tertiary/aromatic N) is 3. The van der Waals surface area contributed by atoms with E-state index in [0.29, 0.717) is 0 Å². The Labute approximate surface area is 128 Å². The van der Waals surface area contributed by atoms with Gasteiger partial charge in [0, 0.05) is 50.9 Å². The van der Waals surface area contributed by atoms with E-state index in [1.807, 2.05) is 18.3 Å². The average molecular weight is 292 g/mol. The van der Waals surface area contributed by atoms with Gasteiger partial charge in [-0.3, -0.25) is 9.88 Å². The van der Waals surface area contributed by atoms with Crippen LogP contribution in [-0.2, 0) is 6.42 Å². The average Bonchev–Trinajstić information content (AvgIpc) is 2.51. The summed E-state index contributed by atoms with van der Waals surface area (Å²) in [6.07, 6.45) is 3.62. The first-order chi connectivity index (χ1) is 10.2. The fourth-order valence-electron chi connectivity index (χ4n) is 2.39. The Bertz CT molecular complexity index is 401. The molecule has 1 atom stereocenters. The summed E-state index contributed by atoms with van der Waals surface area (Å²) in [4.78, 5) is 9.23. The summed E-state index contributed by atoms with van der Waals surface area (Å²) in [5.74, 6) is 0.845. The van der Waals surface area contributed by atoms with E-state index < -0.39 is 0 Å². The molecular formula is C16H28N4O. The SMILES string of the molecule is CCC(N)Cc1ccc(OCCN2CCN(C)CC2)cn1. The summed E-state index contributed by atoms with van der Waals surface area (Å²) in [5.41, 5.74) is 6.97. The van der Waals surface area contributed by atoms with E-state index in [0.717, 1.165) is 63.6 Å². The van der Waals surface area contributed by atoms with Crippen LogP contribution in [0.25, 0.3) is 0 Å². The Balaban J connectivity index is 1.69. The van der Waals surface area contributed by atoms with E-state index in [4.69, 9.17) is 10.5 Å². The first kappa shape index (κ1) is 16.2. The van der Waals surface area contributed by atoms with E-state index in [1.165, 1.54) is 0 Å². The van der Waals surface area contributed by atoms with Crippen LogP contribution in [0.3, 0.4) is 0 Å². The predicted molar refractivity (Wildman–Crippen MR) is 85.6 cm³/mol. The van der Waals surface area contributed by atoms with Crippen molar-refractivity contribution in [1.82, 2.24) is 14.8 Å². The maximum atomic E-state index is 5.94. The van der Waals surface area contributed by atoms with Gasteiger partial charge in [0.25, 0.3) is 0 Å². The van der Waals surface area contributed by atoms with Crippen molar-refractivity contribution in [3.05, 3.63) is 24.0 Å². The Kier molecular flexibility index (Phi) is 6.42. The highest BCUT2D eigenvalue weighted by Gasteiger charge is 2.13. The Morgan fingerprint density at radius 1 is 1.29 bits per heavy atom. The molecule has 0 saturated carbocycles. The second kappa shape index (κ2) is 8.32. The van der Waals surface area contributed by atoms with Crippen LogP contribution in [0.2, 0.25) is 0 Å². The van der Waals surface area contributed by atoms with Crippen molar-refractivity contribution >= 4 is 0 Å². The minimum absolute atomic E-state index is 0.196. The number of likely N-dealkylation sites (N-methyl/N-ethyl adjacent to an activating group) is 1. The summed E-state index contributed by atoms with van der Waals surface area (Å²) in [6, 6.07) is 4.21. The predicted octanol–water partition coefficient (Wildman–Crippen LogP) is 0.988. The van der Waals surface area contributed by atoms with Crippen molar-refractivity contribution < 1.29 is 4.74 Å². The van der Waals surface area contributed by atoms with Crippen molar-refractivity contribution in [3.63, 3.8) is 0 Å². The van der Waals surface area contributed by atoms with Crippen molar-refractivity contribution in [2.45, 2.75) is 25.8 Å². The molecule has 5 nitrogen and oxygen atoms in total. The molecule has 1 aliphatic rings. The van der Waals surface area contributed by atoms with E-state index in [-0.39, 0.29) is 6.04 Å². The molecule has 1 aliphatic heterocycles. The van der Waals surface area contributed by atoms with Gasteiger partial charge in [0.1, 0.15) is 12.4 Å². The van der Waals surface area contributed by atoms with E-state index in [2.05, 4.69) is 28.8 Å². The monoisotopic (exact) mass is 292 g/mol. The highest BCUT2D eigenvalue weighted by atomic mass is 16.5. The molecule has 1 aromatic rings. The molecule has 1 aromatic heterocycles. The highest BCUT2D eigenvalue weighted by Crippen LogP contribution is 2.11. The standard InChI is InChI=1S/C16H28N4O/c1-3-14(17)12-15-4-5-16(13-18-15)21-11-10-20-8-6-19(2)7-9-20/h4-5,13-14H,3,6-12,17H2,1-2H3. The van der Waals surface area contributed by atoms with E-state index in [9.17, 15) is 0 Å². The molecule has 1 saturated heterocycles. The number of ether oxygens (including phenoxy) is 1. The van der Waals surface area contributed by atoms with Crippen molar-refractivity contribution in [1.29, 1.82) is 0 Å². The van der Waals surface area contributed by atoms with Crippen molar-refractivity contribution in [2.24, 2.45) is 5.73 Å². The molecule has 1 fully saturated rings. The van der Waals surface area contributed by atoms with Crippen LogP contribution < -0.4 is 10.5 Å². The topological polar surface area (TPSA) is 54.6 Å². The van der Waals surface area contributed by atoms with Crippen molar-refractivity contribution in [3.8, 4) is 5.75 Å². The van der Waals surface area contributed by atoms with Gasteiger partial charge in [-0.2, -0.15) is 0 Å². The summed E-state index contributed by atoms with van der Waals surface area (Å²) in [6.45, 7) is 8.36. The number of hydrogen-bond acceptors (Lipinski definition) is 5. The zero-order valence-electron chi connectivity index (χ0n) is 13.3. The molecule has 2 N–H and O–H groups in total. The molecule has 21 heavy (non-hydrogen) atoms. The number of aromatic nitrogens is 1. The first-order valence-corrected chi connectivity index (χ1v) is 7.91. The molecule has 0 spiro atoms. The van der Waals surface area contributed by atoms with Gasteiger partial charge in [0.15, 0.2) is 0 Å². The quantitative estimate of drug-likeness (QED) is 0.812. The third-order valence-corrected chi connectivity index (χ3v) is 4.07. The molecule has 2 rings (SSSR count). The smallest absolute Gasteiger partial charge is 0.137 e. The van der Waals surface area contributed by atoms with Gasteiger partial charge in [-0.25, -0.2) is 0 Å². The minimum atomic E-state index is 0.196. The molecule has 0 radical (unpaired) electrons. The molecule has 5 heteroatoms. The van der Waals surface area contributed by atoms with Crippen molar-refractivity contribution in [2.75, 3.05) is 46.4 Å². The maximum absolute atomic E-state index is 5.94. The zero-order valence-corrected chi connectivity index (χ0v) is 13.3. The number of pyridine rings is 1. The lowest BCUT2D eigenvalue weighted by Crippen LogP contribution is -2.45. The van der Waals surface area contributed by atoms with Crippen LogP contribution in [0.15, 0.2) is 18.3 Å². The van der Waals surface area contributed by atoms with E-state index in [1.54, 1.807) is 0 Å². The third-order valence-electron chi connectivity index (χ3n) is 4.07. The molecule has 1 unspecified atom stereocenters. The van der Waals surface area contributed by atoms with Crippen LogP contribution in [0.5, 0.6) is 5.75 Å². The highest BCUT2D eigenvalue weighted by molar-refractivity contribution is 5.20. The fourth-order valence-corrected chi connectivity index (χ4v) is 2.39. The van der Waals surface area contributed by atoms with Crippen LogP contribution in [0, 0.1) is 0 Å². The van der Waals surface area contributed by atoms with Gasteiger partial charge in [0.2, 0.25) is 0 Å². The van der Waals surface area contributed by atoms with Gasteiger partial charge in [-0.15, -0.1) is 0 Å². The van der Waals surface area contributed by atoms with Crippen LogP contribution >= 0.6 is 0 Å². The molecular weight excluding hydrogens is 264 g/mol. The Morgan fingerprint density at radius 2 is 2.05 bits per heavy atom. The molecule has 0 aliphatic carbocycles. The van der Waals surface area contributed by atoms with Gasteiger partial charge in [-0.05, 0) is 25.6 Å². The van der Waals surface area contributed by atoms with Crippen LogP contribution in [0.4, 0.5) is 0 Å². The minimum Gasteiger partial charge on any atom is -0.491 e. The lowest BCUT2D eigenvalue weighted by molar-refractivity contribution is 0.133. The lowest BCUT2D eigenvalue weighted by Gasteiger charge is -2.32. The van der Waals surface area contributed by atoms with Gasteiger partial charge >= 0.3 is 0 Å². The summed E-state index contributed by atoms with van der Waals surface area (Å²) >= 11 is 0. The zero-order chi connectivity index (χ0) is 15.1. The molecule has 2 heterocycles. The van der Waals surface area contributed by atoms with Gasteiger partial charge in [0.05, 0.1) is 6.20 Å². The van der Waals surface area contributed by atoms with Crippen LogP contribution in [-0.4, -0.2) is 67.2 Å². The fraction of sp³-hybridized carbons (Fsp3) is 0.688. The normalized spacial score (nSPS) is 18.6. The van der Waals surface area contributed by atoms with Crippen LogP contribution in [0.1, 0.15) is 19.0 Å². The summed E-state index contributed by atoms with van der Waals surface area (Å²) in [7, 11) is 2.17. The number of rotatable bonds is 7. The summed E-state index contributed by atoms with van der Waals surface area (Å²) < 4.78 is 5.77. The number of piperazine rings is 1. The Hall–Kier alpha value is -1.17. The second-order valence-electron chi connectivity index (χ2n) is 5.85. The summed E-state index contributed by atoms with van der Waals surface area (Å²) in [5, 5.41) is 0. The molecule has 0 bridgehead atoms. The molecule has 0 amide bonds. The first-order valence-electron chi connectivity index (χ1n) is 7.91. The third kappa shape index (κ3) is 5.61. The molecule has 0 aromatic carbocycles.